The molecular weight excluding hydrogens is 406 g/mol. The van der Waals surface area contributed by atoms with Crippen molar-refractivity contribution in [1.82, 2.24) is 4.90 Å². The lowest BCUT2D eigenvalue weighted by Gasteiger charge is -2.31. The van der Waals surface area contributed by atoms with E-state index in [1.165, 1.54) is 12.1 Å². The minimum absolute atomic E-state index is 0.0849. The fourth-order valence-corrected chi connectivity index (χ4v) is 4.16. The van der Waals surface area contributed by atoms with Crippen LogP contribution in [0.3, 0.4) is 0 Å². The molecule has 0 spiro atoms. The van der Waals surface area contributed by atoms with Gasteiger partial charge in [-0.05, 0) is 50.1 Å². The summed E-state index contributed by atoms with van der Waals surface area (Å²) < 4.78 is 40.7. The second-order valence-electron chi connectivity index (χ2n) is 7.54. The molecule has 0 unspecified atom stereocenters. The van der Waals surface area contributed by atoms with Gasteiger partial charge in [-0.1, -0.05) is 0 Å². The molecule has 0 aromatic heterocycles. The van der Waals surface area contributed by atoms with Crippen LogP contribution in [0.5, 0.6) is 17.2 Å². The summed E-state index contributed by atoms with van der Waals surface area (Å²) in [6, 6.07) is 8.16. The van der Waals surface area contributed by atoms with Crippen LogP contribution in [0.1, 0.15) is 35.3 Å². The summed E-state index contributed by atoms with van der Waals surface area (Å²) in [6.45, 7) is 4.56. The molecule has 0 bridgehead atoms. The number of hydrogen-bond acceptors (Lipinski definition) is 6. The number of sulfone groups is 1. The van der Waals surface area contributed by atoms with Gasteiger partial charge in [0.15, 0.2) is 9.84 Å². The highest BCUT2D eigenvalue weighted by atomic mass is 32.2. The number of fused-ring (bicyclic) bond motifs is 1. The standard InChI is InChI=1S/C22H27NO6S/c1-14(2)29-20-7-6-17(30(5,25)26)12-18(20)22(24)23-9-8-15-10-16(27-3)11-21(28-4)19(15)13-23/h6-7,10-12,14H,8-9,13H2,1-5H3. The topological polar surface area (TPSA) is 82.1 Å². The molecule has 2 aromatic carbocycles. The third kappa shape index (κ3) is 4.53. The van der Waals surface area contributed by atoms with E-state index in [4.69, 9.17) is 14.2 Å². The van der Waals surface area contributed by atoms with E-state index in [9.17, 15) is 13.2 Å². The molecule has 1 aliphatic heterocycles. The summed E-state index contributed by atoms with van der Waals surface area (Å²) in [5.41, 5.74) is 2.23. The maximum absolute atomic E-state index is 13.4. The lowest BCUT2D eigenvalue weighted by atomic mass is 9.97. The zero-order valence-electron chi connectivity index (χ0n) is 17.9. The van der Waals surface area contributed by atoms with Crippen molar-refractivity contribution >= 4 is 15.7 Å². The number of carbonyl (C=O) groups is 1. The highest BCUT2D eigenvalue weighted by Crippen LogP contribution is 2.34. The molecule has 0 aliphatic carbocycles. The van der Waals surface area contributed by atoms with E-state index in [-0.39, 0.29) is 22.5 Å². The summed E-state index contributed by atoms with van der Waals surface area (Å²) in [6.07, 6.45) is 1.60. The van der Waals surface area contributed by atoms with Crippen LogP contribution >= 0.6 is 0 Å². The second-order valence-corrected chi connectivity index (χ2v) is 9.56. The SMILES string of the molecule is COc1cc2c(c(OC)c1)CN(C(=O)c1cc(S(C)(=O)=O)ccc1OC(C)C)CC2. The second kappa shape index (κ2) is 8.55. The average molecular weight is 434 g/mol. The van der Waals surface area contributed by atoms with Crippen LogP contribution in [-0.4, -0.2) is 52.3 Å². The zero-order valence-corrected chi connectivity index (χ0v) is 18.7. The Bertz CT molecular complexity index is 1040. The molecule has 1 aliphatic rings. The summed E-state index contributed by atoms with van der Waals surface area (Å²) in [4.78, 5) is 15.2. The van der Waals surface area contributed by atoms with Gasteiger partial charge in [-0.2, -0.15) is 0 Å². The number of hydrogen-bond donors (Lipinski definition) is 0. The van der Waals surface area contributed by atoms with E-state index in [1.807, 2.05) is 19.9 Å². The third-order valence-corrected chi connectivity index (χ3v) is 6.10. The maximum atomic E-state index is 13.4. The first-order valence-electron chi connectivity index (χ1n) is 9.68. The normalized spacial score (nSPS) is 13.7. The van der Waals surface area contributed by atoms with Gasteiger partial charge in [0.05, 0.1) is 30.8 Å². The van der Waals surface area contributed by atoms with Gasteiger partial charge in [0.1, 0.15) is 17.2 Å². The van der Waals surface area contributed by atoms with Gasteiger partial charge in [0, 0.05) is 31.0 Å². The molecule has 162 valence electrons. The monoisotopic (exact) mass is 433 g/mol. The van der Waals surface area contributed by atoms with Crippen molar-refractivity contribution in [2.24, 2.45) is 0 Å². The Morgan fingerprint density at radius 1 is 1.07 bits per heavy atom. The molecule has 0 fully saturated rings. The first-order valence-corrected chi connectivity index (χ1v) is 11.6. The Morgan fingerprint density at radius 3 is 2.40 bits per heavy atom. The van der Waals surface area contributed by atoms with E-state index < -0.39 is 9.84 Å². The molecule has 1 heterocycles. The largest absolute Gasteiger partial charge is 0.497 e. The van der Waals surface area contributed by atoms with Crippen LogP contribution in [0.2, 0.25) is 0 Å². The average Bonchev–Trinajstić information content (AvgIpc) is 2.71. The molecule has 2 aromatic rings. The van der Waals surface area contributed by atoms with Crippen molar-refractivity contribution in [3.8, 4) is 17.2 Å². The summed E-state index contributed by atoms with van der Waals surface area (Å²) >= 11 is 0. The van der Waals surface area contributed by atoms with Crippen LogP contribution in [0.4, 0.5) is 0 Å². The Hall–Kier alpha value is -2.74. The predicted molar refractivity (Wildman–Crippen MR) is 113 cm³/mol. The minimum atomic E-state index is -3.46. The quantitative estimate of drug-likeness (QED) is 0.696. The van der Waals surface area contributed by atoms with Crippen LogP contribution in [0, 0.1) is 0 Å². The van der Waals surface area contributed by atoms with Gasteiger partial charge < -0.3 is 19.1 Å². The summed E-state index contributed by atoms with van der Waals surface area (Å²) in [5.74, 6) is 1.46. The van der Waals surface area contributed by atoms with Gasteiger partial charge in [-0.3, -0.25) is 4.79 Å². The van der Waals surface area contributed by atoms with Crippen LogP contribution < -0.4 is 14.2 Å². The van der Waals surface area contributed by atoms with Crippen LogP contribution in [0.25, 0.3) is 0 Å². The fraction of sp³-hybridized carbons (Fsp3) is 0.409. The van der Waals surface area contributed by atoms with Gasteiger partial charge in [-0.25, -0.2) is 8.42 Å². The number of nitrogens with zero attached hydrogens (tertiary/aromatic N) is 1. The molecule has 0 saturated heterocycles. The van der Waals surface area contributed by atoms with Crippen LogP contribution in [-0.2, 0) is 22.8 Å². The minimum Gasteiger partial charge on any atom is -0.497 e. The van der Waals surface area contributed by atoms with Gasteiger partial charge in [-0.15, -0.1) is 0 Å². The molecule has 8 heteroatoms. The van der Waals surface area contributed by atoms with Crippen molar-refractivity contribution in [3.05, 3.63) is 47.0 Å². The number of benzene rings is 2. The number of amides is 1. The van der Waals surface area contributed by atoms with Gasteiger partial charge in [0.2, 0.25) is 0 Å². The highest BCUT2D eigenvalue weighted by Gasteiger charge is 2.28. The predicted octanol–water partition coefficient (Wildman–Crippen LogP) is 3.09. The van der Waals surface area contributed by atoms with Gasteiger partial charge in [0.25, 0.3) is 5.91 Å². The van der Waals surface area contributed by atoms with E-state index in [0.29, 0.717) is 36.8 Å². The fourth-order valence-electron chi connectivity index (χ4n) is 3.51. The van der Waals surface area contributed by atoms with E-state index >= 15 is 0 Å². The number of rotatable bonds is 6. The van der Waals surface area contributed by atoms with Crippen LogP contribution in [0.15, 0.2) is 35.2 Å². The van der Waals surface area contributed by atoms with E-state index in [2.05, 4.69) is 0 Å². The van der Waals surface area contributed by atoms with Crippen molar-refractivity contribution in [1.29, 1.82) is 0 Å². The molecular formula is C22H27NO6S. The molecule has 0 radical (unpaired) electrons. The summed E-state index contributed by atoms with van der Waals surface area (Å²) in [5, 5.41) is 0. The Balaban J connectivity index is 1.99. The Kier molecular flexibility index (Phi) is 6.26. The molecule has 3 rings (SSSR count). The zero-order chi connectivity index (χ0) is 22.1. The van der Waals surface area contributed by atoms with Crippen molar-refractivity contribution < 1.29 is 27.4 Å². The lowest BCUT2D eigenvalue weighted by molar-refractivity contribution is 0.0726. The smallest absolute Gasteiger partial charge is 0.257 e. The third-order valence-electron chi connectivity index (χ3n) is 4.99. The van der Waals surface area contributed by atoms with Gasteiger partial charge >= 0.3 is 0 Å². The molecule has 30 heavy (non-hydrogen) atoms. The Labute approximate surface area is 177 Å². The summed E-state index contributed by atoms with van der Waals surface area (Å²) in [7, 11) is -0.277. The van der Waals surface area contributed by atoms with Crippen molar-refractivity contribution in [2.75, 3.05) is 27.0 Å². The lowest BCUT2D eigenvalue weighted by Crippen LogP contribution is -2.36. The van der Waals surface area contributed by atoms with E-state index in [0.717, 1.165) is 17.4 Å². The number of carbonyl (C=O) groups excluding carboxylic acids is 1. The first-order chi connectivity index (χ1) is 14.1. The first kappa shape index (κ1) is 22.0. The molecule has 1 amide bonds. The molecule has 0 atom stereocenters. The highest BCUT2D eigenvalue weighted by molar-refractivity contribution is 7.90. The van der Waals surface area contributed by atoms with Crippen molar-refractivity contribution in [3.63, 3.8) is 0 Å². The van der Waals surface area contributed by atoms with E-state index in [1.54, 1.807) is 31.3 Å². The Morgan fingerprint density at radius 2 is 1.80 bits per heavy atom. The number of methoxy groups -OCH3 is 2. The van der Waals surface area contributed by atoms with Crippen molar-refractivity contribution in [2.45, 2.75) is 37.8 Å². The molecule has 0 saturated carbocycles. The molecule has 7 nitrogen and oxygen atoms in total. The number of ether oxygens (including phenoxy) is 3. The maximum Gasteiger partial charge on any atom is 0.257 e. The molecule has 0 N–H and O–H groups in total.